The van der Waals surface area contributed by atoms with E-state index in [9.17, 15) is 9.50 Å². The predicted molar refractivity (Wildman–Crippen MR) is 148 cm³/mol. The van der Waals surface area contributed by atoms with Crippen LogP contribution in [-0.2, 0) is 6.42 Å². The molecule has 0 aliphatic heterocycles. The van der Waals surface area contributed by atoms with E-state index in [-0.39, 0.29) is 17.8 Å². The molecular formula is C34H53FO. The number of rotatable bonds is 7. The summed E-state index contributed by atoms with van der Waals surface area (Å²) in [5.41, 5.74) is 1.94. The van der Waals surface area contributed by atoms with E-state index in [1.54, 1.807) is 6.07 Å². The smallest absolute Gasteiger partial charge is 0.123 e. The lowest BCUT2D eigenvalue weighted by atomic mass is 9.42. The largest absolute Gasteiger partial charge is 0.393 e. The van der Waals surface area contributed by atoms with Crippen molar-refractivity contribution < 1.29 is 9.50 Å². The highest BCUT2D eigenvalue weighted by Crippen LogP contribution is 2.69. The van der Waals surface area contributed by atoms with Crippen molar-refractivity contribution in [3.05, 3.63) is 35.6 Å². The van der Waals surface area contributed by atoms with Gasteiger partial charge in [0.2, 0.25) is 0 Å². The average molecular weight is 497 g/mol. The number of fused-ring (bicyclic) bond motifs is 5. The van der Waals surface area contributed by atoms with Gasteiger partial charge in [-0.25, -0.2) is 4.39 Å². The summed E-state index contributed by atoms with van der Waals surface area (Å²) in [6, 6.07) is 7.12. The molecule has 0 unspecified atom stereocenters. The van der Waals surface area contributed by atoms with Crippen LogP contribution in [0, 0.1) is 64.0 Å². The predicted octanol–water partition coefficient (Wildman–Crippen LogP) is 9.08. The molecule has 2 heteroatoms. The van der Waals surface area contributed by atoms with Crippen LogP contribution < -0.4 is 0 Å². The first kappa shape index (κ1) is 26.7. The highest BCUT2D eigenvalue weighted by Gasteiger charge is 2.61. The molecule has 0 heterocycles. The van der Waals surface area contributed by atoms with Crippen LogP contribution in [0.25, 0.3) is 0 Å². The van der Waals surface area contributed by atoms with Crippen molar-refractivity contribution in [1.29, 1.82) is 0 Å². The summed E-state index contributed by atoms with van der Waals surface area (Å²) >= 11 is 0. The maximum absolute atomic E-state index is 13.9. The van der Waals surface area contributed by atoms with Gasteiger partial charge in [-0.05, 0) is 134 Å². The normalized spacial score (nSPS) is 43.1. The maximum Gasteiger partial charge on any atom is 0.123 e. The van der Waals surface area contributed by atoms with E-state index in [2.05, 4.69) is 40.7 Å². The van der Waals surface area contributed by atoms with Gasteiger partial charge in [0.1, 0.15) is 5.82 Å². The van der Waals surface area contributed by atoms with Crippen LogP contribution in [0.3, 0.4) is 0 Å². The van der Waals surface area contributed by atoms with Gasteiger partial charge in [0, 0.05) is 0 Å². The second-order valence-electron chi connectivity index (χ2n) is 14.7. The minimum atomic E-state index is -0.237. The number of aliphatic hydroxyl groups excluding tert-OH is 1. The molecule has 0 bridgehead atoms. The molecule has 202 valence electrons. The molecule has 0 saturated heterocycles. The van der Waals surface area contributed by atoms with E-state index in [1.807, 2.05) is 6.07 Å². The van der Waals surface area contributed by atoms with Crippen LogP contribution in [0.2, 0.25) is 0 Å². The van der Waals surface area contributed by atoms with Crippen molar-refractivity contribution in [2.24, 2.45) is 58.2 Å². The van der Waals surface area contributed by atoms with Crippen LogP contribution >= 0.6 is 0 Å². The molecule has 0 amide bonds. The molecule has 0 radical (unpaired) electrons. The summed E-state index contributed by atoms with van der Waals surface area (Å²) in [6.45, 7) is 12.6. The Kier molecular flexibility index (Phi) is 7.68. The van der Waals surface area contributed by atoms with E-state index in [4.69, 9.17) is 0 Å². The lowest BCUT2D eigenvalue weighted by Crippen LogP contribution is -2.57. The Labute approximate surface area is 221 Å². The molecule has 0 aromatic heterocycles. The van der Waals surface area contributed by atoms with Gasteiger partial charge < -0.3 is 5.11 Å². The van der Waals surface area contributed by atoms with Crippen LogP contribution in [0.5, 0.6) is 0 Å². The lowest BCUT2D eigenvalue weighted by Gasteiger charge is -2.63. The van der Waals surface area contributed by atoms with Gasteiger partial charge in [-0.2, -0.15) is 0 Å². The zero-order valence-electron chi connectivity index (χ0n) is 23.8. The minimum absolute atomic E-state index is 0.148. The molecule has 36 heavy (non-hydrogen) atoms. The van der Waals surface area contributed by atoms with Crippen molar-refractivity contribution in [2.75, 3.05) is 0 Å². The highest BCUT2D eigenvalue weighted by atomic mass is 19.1. The van der Waals surface area contributed by atoms with Crippen LogP contribution in [0.1, 0.15) is 111 Å². The first-order valence-electron chi connectivity index (χ1n) is 15.6. The number of hydrogen-bond donors (Lipinski definition) is 1. The summed E-state index contributed by atoms with van der Waals surface area (Å²) in [4.78, 5) is 0. The third kappa shape index (κ3) is 4.71. The van der Waals surface area contributed by atoms with E-state index in [0.29, 0.717) is 16.7 Å². The molecule has 1 aromatic rings. The Morgan fingerprint density at radius 2 is 1.61 bits per heavy atom. The molecule has 1 nitrogen and oxygen atoms in total. The number of hydrogen-bond acceptors (Lipinski definition) is 1. The summed E-state index contributed by atoms with van der Waals surface area (Å²) in [7, 11) is 0. The molecule has 5 rings (SSSR count). The van der Waals surface area contributed by atoms with Crippen LogP contribution in [-0.4, -0.2) is 11.2 Å². The summed E-state index contributed by atoms with van der Waals surface area (Å²) in [5, 5.41) is 11.1. The van der Waals surface area contributed by atoms with Gasteiger partial charge in [-0.15, -0.1) is 0 Å². The highest BCUT2D eigenvalue weighted by molar-refractivity contribution is 5.19. The van der Waals surface area contributed by atoms with Crippen molar-refractivity contribution >= 4 is 0 Å². The summed E-state index contributed by atoms with van der Waals surface area (Å²) in [6.07, 6.45) is 15.2. The van der Waals surface area contributed by atoms with Crippen molar-refractivity contribution in [3.8, 4) is 0 Å². The second-order valence-corrected chi connectivity index (χ2v) is 14.7. The third-order valence-corrected chi connectivity index (χ3v) is 12.5. The number of halogens is 1. The molecular weight excluding hydrogens is 443 g/mol. The van der Waals surface area contributed by atoms with Crippen molar-refractivity contribution in [3.63, 3.8) is 0 Å². The monoisotopic (exact) mass is 496 g/mol. The van der Waals surface area contributed by atoms with E-state index >= 15 is 0 Å². The zero-order valence-corrected chi connectivity index (χ0v) is 23.8. The van der Waals surface area contributed by atoms with Crippen LogP contribution in [0.15, 0.2) is 24.3 Å². The molecule has 10 atom stereocenters. The Balaban J connectivity index is 1.31. The lowest BCUT2D eigenvalue weighted by molar-refractivity contribution is -0.152. The number of aliphatic hydroxyl groups is 1. The third-order valence-electron chi connectivity index (χ3n) is 12.5. The van der Waals surface area contributed by atoms with Crippen LogP contribution in [0.4, 0.5) is 4.39 Å². The average Bonchev–Trinajstić information content (AvgIpc) is 3.18. The molecule has 4 saturated carbocycles. The van der Waals surface area contributed by atoms with Gasteiger partial charge >= 0.3 is 0 Å². The standard InChI is InChI=1S/C34H53FO/c1-22(2)8-6-9-23(3)28-14-15-29-26-12-13-30-27(21-24-10-7-11-25(35)20-24)32(36)17-19-34(30,5)31(26)16-18-33(28,29)4/h7,10-11,20,22-23,26-32,36H,6,8-9,12-19,21H2,1-5H3/t23-,26+,27+,28-,29+,30+,31+,32+,33-,34+/m1/s1. The molecule has 4 aliphatic rings. The van der Waals surface area contributed by atoms with Gasteiger partial charge in [0.15, 0.2) is 0 Å². The van der Waals surface area contributed by atoms with E-state index in [1.165, 1.54) is 70.3 Å². The second kappa shape index (κ2) is 10.3. The fourth-order valence-corrected chi connectivity index (χ4v) is 10.7. The zero-order chi connectivity index (χ0) is 25.7. The summed E-state index contributed by atoms with van der Waals surface area (Å²) in [5.74, 6) is 5.89. The Morgan fingerprint density at radius 3 is 2.36 bits per heavy atom. The fourth-order valence-electron chi connectivity index (χ4n) is 10.7. The first-order chi connectivity index (χ1) is 17.1. The topological polar surface area (TPSA) is 20.2 Å². The van der Waals surface area contributed by atoms with Crippen molar-refractivity contribution in [1.82, 2.24) is 0 Å². The molecule has 4 aliphatic carbocycles. The fraction of sp³-hybridized carbons (Fsp3) is 0.824. The molecule has 1 aromatic carbocycles. The van der Waals surface area contributed by atoms with Crippen molar-refractivity contribution in [2.45, 2.75) is 118 Å². The van der Waals surface area contributed by atoms with E-state index < -0.39 is 0 Å². The number of benzene rings is 1. The van der Waals surface area contributed by atoms with Gasteiger partial charge in [-0.1, -0.05) is 66.0 Å². The SMILES string of the molecule is CC(C)CCC[C@@H](C)[C@H]1CC[C@H]2[C@@H]3CC[C@H]4[C@H](Cc5cccc(F)c5)[C@@H](O)CC[C@]4(C)[C@H]3CC[C@]12C. The molecule has 1 N–H and O–H groups in total. The maximum atomic E-state index is 13.9. The Bertz CT molecular complexity index is 895. The molecule has 0 spiro atoms. The molecule has 4 fully saturated rings. The van der Waals surface area contributed by atoms with Gasteiger partial charge in [0.05, 0.1) is 6.10 Å². The van der Waals surface area contributed by atoms with E-state index in [0.717, 1.165) is 53.9 Å². The quantitative estimate of drug-likeness (QED) is 0.399. The Morgan fingerprint density at radius 1 is 0.889 bits per heavy atom. The first-order valence-corrected chi connectivity index (χ1v) is 15.6. The minimum Gasteiger partial charge on any atom is -0.393 e. The van der Waals surface area contributed by atoms with Gasteiger partial charge in [0.25, 0.3) is 0 Å². The Hall–Kier alpha value is -0.890. The van der Waals surface area contributed by atoms with Gasteiger partial charge in [-0.3, -0.25) is 0 Å². The summed E-state index contributed by atoms with van der Waals surface area (Å²) < 4.78 is 13.9.